The maximum Gasteiger partial charge on any atom is 0.251 e. The highest BCUT2D eigenvalue weighted by molar-refractivity contribution is 5.92. The maximum atomic E-state index is 11.1. The number of hydrogen-bond donors (Lipinski definition) is 2. The molecule has 0 aliphatic carbocycles. The van der Waals surface area contributed by atoms with E-state index in [1.165, 1.54) is 11.8 Å². The first-order valence-corrected chi connectivity index (χ1v) is 6.17. The first-order chi connectivity index (χ1) is 8.97. The zero-order valence-corrected chi connectivity index (χ0v) is 11.1. The van der Waals surface area contributed by atoms with Gasteiger partial charge in [0.15, 0.2) is 0 Å². The SMILES string of the molecule is Cc1ccc(-n2cc(C(N)=O)cn2)c(CC(C)N)c1. The third kappa shape index (κ3) is 3.00. The van der Waals surface area contributed by atoms with Gasteiger partial charge in [0.25, 0.3) is 5.91 Å². The Morgan fingerprint density at radius 2 is 2.21 bits per heavy atom. The van der Waals surface area contributed by atoms with E-state index in [2.05, 4.69) is 11.2 Å². The standard InChI is InChI=1S/C14H18N4O/c1-9-3-4-13(11(5-9)6-10(2)15)18-8-12(7-17-18)14(16)19/h3-5,7-8,10H,6,15H2,1-2H3,(H2,16,19). The molecular weight excluding hydrogens is 240 g/mol. The smallest absolute Gasteiger partial charge is 0.251 e. The van der Waals surface area contributed by atoms with Crippen molar-refractivity contribution >= 4 is 5.91 Å². The largest absolute Gasteiger partial charge is 0.366 e. The van der Waals surface area contributed by atoms with Gasteiger partial charge in [0.1, 0.15) is 0 Å². The Kier molecular flexibility index (Phi) is 3.66. The molecule has 2 rings (SSSR count). The van der Waals surface area contributed by atoms with Crippen molar-refractivity contribution in [1.29, 1.82) is 0 Å². The summed E-state index contributed by atoms with van der Waals surface area (Å²) in [4.78, 5) is 11.1. The number of primary amides is 1. The number of carbonyl (C=O) groups excluding carboxylic acids is 1. The zero-order chi connectivity index (χ0) is 14.0. The summed E-state index contributed by atoms with van der Waals surface area (Å²) in [6.07, 6.45) is 3.86. The van der Waals surface area contributed by atoms with Gasteiger partial charge in [-0.1, -0.05) is 17.7 Å². The number of hydrogen-bond acceptors (Lipinski definition) is 3. The first kappa shape index (κ1) is 13.3. The topological polar surface area (TPSA) is 86.9 Å². The predicted octanol–water partition coefficient (Wildman–Crippen LogP) is 1.17. The van der Waals surface area contributed by atoms with Gasteiger partial charge in [-0.25, -0.2) is 4.68 Å². The minimum absolute atomic E-state index is 0.0618. The van der Waals surface area contributed by atoms with Crippen LogP contribution in [0.5, 0.6) is 0 Å². The third-order valence-corrected chi connectivity index (χ3v) is 2.89. The Bertz CT molecular complexity index is 601. The van der Waals surface area contributed by atoms with Crippen LogP contribution in [0.4, 0.5) is 0 Å². The van der Waals surface area contributed by atoms with Crippen LogP contribution in [0.15, 0.2) is 30.6 Å². The Balaban J connectivity index is 2.45. The molecule has 100 valence electrons. The molecule has 5 heteroatoms. The number of amides is 1. The normalized spacial score (nSPS) is 12.4. The molecule has 0 spiro atoms. The van der Waals surface area contributed by atoms with Crippen LogP contribution >= 0.6 is 0 Å². The minimum Gasteiger partial charge on any atom is -0.366 e. The molecule has 1 aromatic carbocycles. The fraction of sp³-hybridized carbons (Fsp3) is 0.286. The molecule has 0 bridgehead atoms. The van der Waals surface area contributed by atoms with Crippen molar-refractivity contribution in [2.45, 2.75) is 26.3 Å². The van der Waals surface area contributed by atoms with E-state index in [0.717, 1.165) is 17.7 Å². The molecule has 1 aromatic heterocycles. The monoisotopic (exact) mass is 258 g/mol. The molecule has 0 fully saturated rings. The molecule has 0 aliphatic rings. The van der Waals surface area contributed by atoms with Crippen molar-refractivity contribution in [1.82, 2.24) is 9.78 Å². The Morgan fingerprint density at radius 1 is 1.47 bits per heavy atom. The fourth-order valence-corrected chi connectivity index (χ4v) is 2.03. The summed E-state index contributed by atoms with van der Waals surface area (Å²) in [5.41, 5.74) is 14.7. The van der Waals surface area contributed by atoms with Crippen molar-refractivity contribution in [2.24, 2.45) is 11.5 Å². The average Bonchev–Trinajstić information content (AvgIpc) is 2.77. The summed E-state index contributed by atoms with van der Waals surface area (Å²) in [5.74, 6) is -0.480. The van der Waals surface area contributed by atoms with E-state index < -0.39 is 5.91 Å². The van der Waals surface area contributed by atoms with Gasteiger partial charge in [0.05, 0.1) is 17.4 Å². The lowest BCUT2D eigenvalue weighted by Gasteiger charge is -2.12. The highest BCUT2D eigenvalue weighted by Gasteiger charge is 2.10. The van der Waals surface area contributed by atoms with Crippen molar-refractivity contribution in [3.05, 3.63) is 47.3 Å². The molecule has 0 saturated carbocycles. The van der Waals surface area contributed by atoms with E-state index in [1.807, 2.05) is 26.0 Å². The molecule has 0 aliphatic heterocycles. The summed E-state index contributed by atoms with van der Waals surface area (Å²) >= 11 is 0. The minimum atomic E-state index is -0.480. The summed E-state index contributed by atoms with van der Waals surface area (Å²) in [6.45, 7) is 4.00. The third-order valence-electron chi connectivity index (χ3n) is 2.89. The van der Waals surface area contributed by atoms with Crippen molar-refractivity contribution in [2.75, 3.05) is 0 Å². The number of aromatic nitrogens is 2. The summed E-state index contributed by atoms with van der Waals surface area (Å²) in [7, 11) is 0. The van der Waals surface area contributed by atoms with Crippen LogP contribution in [-0.4, -0.2) is 21.7 Å². The quantitative estimate of drug-likeness (QED) is 0.863. The molecular formula is C14H18N4O. The molecule has 1 amide bonds. The number of benzene rings is 1. The first-order valence-electron chi connectivity index (χ1n) is 6.17. The van der Waals surface area contributed by atoms with Crippen LogP contribution in [0.1, 0.15) is 28.4 Å². The lowest BCUT2D eigenvalue weighted by atomic mass is 10.0. The van der Waals surface area contributed by atoms with Crippen LogP contribution in [0.3, 0.4) is 0 Å². The lowest BCUT2D eigenvalue weighted by molar-refractivity contribution is 0.100. The zero-order valence-electron chi connectivity index (χ0n) is 11.1. The van der Waals surface area contributed by atoms with Gasteiger partial charge in [-0.15, -0.1) is 0 Å². The number of aryl methyl sites for hydroxylation is 1. The second-order valence-electron chi connectivity index (χ2n) is 4.85. The highest BCUT2D eigenvalue weighted by Crippen LogP contribution is 2.18. The van der Waals surface area contributed by atoms with Crippen molar-refractivity contribution < 1.29 is 4.79 Å². The number of carbonyl (C=O) groups is 1. The second kappa shape index (κ2) is 5.24. The maximum absolute atomic E-state index is 11.1. The number of nitrogens with two attached hydrogens (primary N) is 2. The van der Waals surface area contributed by atoms with E-state index in [9.17, 15) is 4.79 Å². The van der Waals surface area contributed by atoms with Gasteiger partial charge in [-0.3, -0.25) is 4.79 Å². The number of nitrogens with zero attached hydrogens (tertiary/aromatic N) is 2. The lowest BCUT2D eigenvalue weighted by Crippen LogP contribution is -2.19. The van der Waals surface area contributed by atoms with Gasteiger partial charge in [-0.2, -0.15) is 5.10 Å². The molecule has 1 atom stereocenters. The van der Waals surface area contributed by atoms with Crippen LogP contribution in [0.2, 0.25) is 0 Å². The number of rotatable bonds is 4. The fourth-order valence-electron chi connectivity index (χ4n) is 2.03. The Labute approximate surface area is 112 Å². The van der Waals surface area contributed by atoms with Crippen molar-refractivity contribution in [3.8, 4) is 5.69 Å². The molecule has 0 radical (unpaired) electrons. The van der Waals surface area contributed by atoms with E-state index in [4.69, 9.17) is 11.5 Å². The predicted molar refractivity (Wildman–Crippen MR) is 74.2 cm³/mol. The molecule has 2 aromatic rings. The highest BCUT2D eigenvalue weighted by atomic mass is 16.1. The van der Waals surface area contributed by atoms with Crippen LogP contribution in [0, 0.1) is 6.92 Å². The summed E-state index contributed by atoms with van der Waals surface area (Å²) < 4.78 is 1.66. The van der Waals surface area contributed by atoms with E-state index >= 15 is 0 Å². The molecule has 1 heterocycles. The van der Waals surface area contributed by atoms with E-state index in [-0.39, 0.29) is 6.04 Å². The van der Waals surface area contributed by atoms with Gasteiger partial charge in [0, 0.05) is 12.2 Å². The summed E-state index contributed by atoms with van der Waals surface area (Å²) in [6, 6.07) is 6.13. The second-order valence-corrected chi connectivity index (χ2v) is 4.85. The molecule has 0 saturated heterocycles. The van der Waals surface area contributed by atoms with E-state index in [0.29, 0.717) is 5.56 Å². The van der Waals surface area contributed by atoms with Crippen LogP contribution in [0.25, 0.3) is 5.69 Å². The molecule has 4 N–H and O–H groups in total. The van der Waals surface area contributed by atoms with Crippen LogP contribution < -0.4 is 11.5 Å². The van der Waals surface area contributed by atoms with Crippen molar-refractivity contribution in [3.63, 3.8) is 0 Å². The molecule has 19 heavy (non-hydrogen) atoms. The average molecular weight is 258 g/mol. The Morgan fingerprint density at radius 3 is 2.79 bits per heavy atom. The Hall–Kier alpha value is -2.14. The van der Waals surface area contributed by atoms with Gasteiger partial charge in [0.2, 0.25) is 0 Å². The summed E-state index contributed by atoms with van der Waals surface area (Å²) in [5, 5.41) is 4.18. The molecule has 1 unspecified atom stereocenters. The van der Waals surface area contributed by atoms with Gasteiger partial charge >= 0.3 is 0 Å². The van der Waals surface area contributed by atoms with Crippen LogP contribution in [-0.2, 0) is 6.42 Å². The van der Waals surface area contributed by atoms with E-state index in [1.54, 1.807) is 10.9 Å². The van der Waals surface area contributed by atoms with Gasteiger partial charge in [-0.05, 0) is 31.9 Å². The molecule has 5 nitrogen and oxygen atoms in total. The van der Waals surface area contributed by atoms with Gasteiger partial charge < -0.3 is 11.5 Å².